The Balaban J connectivity index is 2.54. The molecular weight excluding hydrogens is 344 g/mol. The maximum Gasteiger partial charge on any atom is 0.303 e. The second-order valence-corrected chi connectivity index (χ2v) is 7.63. The van der Waals surface area contributed by atoms with Gasteiger partial charge in [0.1, 0.15) is 5.78 Å². The number of ketones is 1. The van der Waals surface area contributed by atoms with Crippen LogP contribution in [0.25, 0.3) is 0 Å². The third kappa shape index (κ3) is 9.02. The molecular formula is C22H38O5. The van der Waals surface area contributed by atoms with E-state index in [9.17, 15) is 9.59 Å². The summed E-state index contributed by atoms with van der Waals surface area (Å²) in [7, 11) is 3.42. The van der Waals surface area contributed by atoms with Crippen molar-refractivity contribution in [2.75, 3.05) is 14.2 Å². The van der Waals surface area contributed by atoms with E-state index in [1.54, 1.807) is 14.2 Å². The molecule has 1 aliphatic rings. The van der Waals surface area contributed by atoms with Gasteiger partial charge in [-0.05, 0) is 19.3 Å². The Labute approximate surface area is 164 Å². The first kappa shape index (κ1) is 23.8. The number of carboxylic acid groups (broad SMARTS) is 1. The van der Waals surface area contributed by atoms with Crippen molar-refractivity contribution in [2.45, 2.75) is 89.8 Å². The van der Waals surface area contributed by atoms with Crippen molar-refractivity contribution < 1.29 is 24.2 Å². The summed E-state index contributed by atoms with van der Waals surface area (Å²) in [4.78, 5) is 23.0. The van der Waals surface area contributed by atoms with Crippen LogP contribution in [0.3, 0.4) is 0 Å². The highest BCUT2D eigenvalue weighted by Gasteiger charge is 2.40. The number of carboxylic acids is 1. The maximum atomic E-state index is 12.5. The highest BCUT2D eigenvalue weighted by Crippen LogP contribution is 2.36. The third-order valence-corrected chi connectivity index (χ3v) is 5.61. The predicted molar refractivity (Wildman–Crippen MR) is 107 cm³/mol. The summed E-state index contributed by atoms with van der Waals surface area (Å²) < 4.78 is 11.2. The monoisotopic (exact) mass is 382 g/mol. The summed E-state index contributed by atoms with van der Waals surface area (Å²) in [5.41, 5.74) is 0. The number of unbranched alkanes of at least 4 members (excludes halogenated alkanes) is 5. The second-order valence-electron chi connectivity index (χ2n) is 7.63. The van der Waals surface area contributed by atoms with Gasteiger partial charge in [0, 0.05) is 38.9 Å². The smallest absolute Gasteiger partial charge is 0.303 e. The largest absolute Gasteiger partial charge is 0.481 e. The molecule has 0 radical (unpaired) electrons. The first-order chi connectivity index (χ1) is 13.0. The minimum Gasteiger partial charge on any atom is -0.481 e. The molecule has 0 bridgehead atoms. The molecule has 0 amide bonds. The van der Waals surface area contributed by atoms with Crippen LogP contribution in [0.1, 0.15) is 77.6 Å². The SMILES string of the molecule is CCCCCC(/C=C/C1C(OC)CC(=O)C1CCCCCCC(=O)O)OC. The summed E-state index contributed by atoms with van der Waals surface area (Å²) in [5, 5.41) is 8.68. The Morgan fingerprint density at radius 2 is 1.93 bits per heavy atom. The fraction of sp³-hybridized carbons (Fsp3) is 0.818. The van der Waals surface area contributed by atoms with Crippen molar-refractivity contribution in [1.82, 2.24) is 0 Å². The van der Waals surface area contributed by atoms with Crippen molar-refractivity contribution in [3.8, 4) is 0 Å². The zero-order valence-electron chi connectivity index (χ0n) is 17.3. The second kappa shape index (κ2) is 13.9. The number of hydrogen-bond donors (Lipinski definition) is 1. The lowest BCUT2D eigenvalue weighted by Gasteiger charge is -2.21. The minimum absolute atomic E-state index is 0.0128. The van der Waals surface area contributed by atoms with Crippen LogP contribution in [-0.4, -0.2) is 43.3 Å². The van der Waals surface area contributed by atoms with E-state index >= 15 is 0 Å². The average Bonchev–Trinajstić information content (AvgIpc) is 2.95. The lowest BCUT2D eigenvalue weighted by Crippen LogP contribution is -2.21. The molecule has 0 heterocycles. The normalized spacial score (nSPS) is 24.0. The molecule has 4 unspecified atom stereocenters. The number of carbonyl (C=O) groups is 2. The highest BCUT2D eigenvalue weighted by molar-refractivity contribution is 5.84. The Hall–Kier alpha value is -1.20. The van der Waals surface area contributed by atoms with Crippen LogP contribution >= 0.6 is 0 Å². The quantitative estimate of drug-likeness (QED) is 0.326. The summed E-state index contributed by atoms with van der Waals surface area (Å²) in [5.74, 6) is -0.313. The molecule has 0 aromatic carbocycles. The molecule has 27 heavy (non-hydrogen) atoms. The summed E-state index contributed by atoms with van der Waals surface area (Å²) >= 11 is 0. The topological polar surface area (TPSA) is 72.8 Å². The summed E-state index contributed by atoms with van der Waals surface area (Å²) in [6, 6.07) is 0. The number of hydrogen-bond acceptors (Lipinski definition) is 4. The van der Waals surface area contributed by atoms with E-state index < -0.39 is 5.97 Å². The van der Waals surface area contributed by atoms with Crippen molar-refractivity contribution in [3.63, 3.8) is 0 Å². The van der Waals surface area contributed by atoms with Gasteiger partial charge in [0.15, 0.2) is 0 Å². The first-order valence-corrected chi connectivity index (χ1v) is 10.5. The Bertz CT molecular complexity index is 460. The molecule has 0 aromatic rings. The lowest BCUT2D eigenvalue weighted by molar-refractivity contribution is -0.137. The van der Waals surface area contributed by atoms with Gasteiger partial charge in [-0.3, -0.25) is 9.59 Å². The Morgan fingerprint density at radius 3 is 2.56 bits per heavy atom. The van der Waals surface area contributed by atoms with Crippen LogP contribution in [-0.2, 0) is 19.1 Å². The zero-order valence-corrected chi connectivity index (χ0v) is 17.3. The van der Waals surface area contributed by atoms with Crippen LogP contribution in [0.5, 0.6) is 0 Å². The molecule has 5 heteroatoms. The molecule has 1 saturated carbocycles. The van der Waals surface area contributed by atoms with Gasteiger partial charge < -0.3 is 14.6 Å². The van der Waals surface area contributed by atoms with Gasteiger partial charge in [-0.1, -0.05) is 57.6 Å². The van der Waals surface area contributed by atoms with E-state index in [4.69, 9.17) is 14.6 Å². The van der Waals surface area contributed by atoms with Crippen molar-refractivity contribution in [3.05, 3.63) is 12.2 Å². The summed E-state index contributed by atoms with van der Waals surface area (Å²) in [6.07, 6.45) is 14.0. The van der Waals surface area contributed by atoms with Crippen molar-refractivity contribution >= 4 is 11.8 Å². The molecule has 0 aromatic heterocycles. The fourth-order valence-corrected chi connectivity index (χ4v) is 3.95. The van der Waals surface area contributed by atoms with Gasteiger partial charge in [-0.15, -0.1) is 0 Å². The number of rotatable bonds is 15. The molecule has 1 N–H and O–H groups in total. The average molecular weight is 383 g/mol. The van der Waals surface area contributed by atoms with Gasteiger partial charge in [0.2, 0.25) is 0 Å². The van der Waals surface area contributed by atoms with Crippen LogP contribution in [0.2, 0.25) is 0 Å². The van der Waals surface area contributed by atoms with E-state index in [-0.39, 0.29) is 30.5 Å². The van der Waals surface area contributed by atoms with Crippen molar-refractivity contribution in [2.24, 2.45) is 11.8 Å². The molecule has 1 aliphatic carbocycles. The van der Waals surface area contributed by atoms with Gasteiger partial charge in [-0.25, -0.2) is 0 Å². The van der Waals surface area contributed by atoms with E-state index in [2.05, 4.69) is 19.1 Å². The van der Waals surface area contributed by atoms with Crippen LogP contribution in [0.15, 0.2) is 12.2 Å². The van der Waals surface area contributed by atoms with Crippen LogP contribution in [0.4, 0.5) is 0 Å². The van der Waals surface area contributed by atoms with Crippen LogP contribution in [0, 0.1) is 11.8 Å². The Morgan fingerprint density at radius 1 is 1.19 bits per heavy atom. The maximum absolute atomic E-state index is 12.5. The van der Waals surface area contributed by atoms with Crippen LogP contribution < -0.4 is 0 Å². The molecule has 1 fully saturated rings. The minimum atomic E-state index is -0.735. The first-order valence-electron chi connectivity index (χ1n) is 10.5. The fourth-order valence-electron chi connectivity index (χ4n) is 3.95. The number of aliphatic carboxylic acids is 1. The van der Waals surface area contributed by atoms with E-state index in [1.165, 1.54) is 12.8 Å². The lowest BCUT2D eigenvalue weighted by atomic mass is 9.88. The van der Waals surface area contributed by atoms with E-state index in [0.717, 1.165) is 38.5 Å². The molecule has 4 atom stereocenters. The zero-order chi connectivity index (χ0) is 20.1. The molecule has 0 aliphatic heterocycles. The highest BCUT2D eigenvalue weighted by atomic mass is 16.5. The van der Waals surface area contributed by atoms with Crippen molar-refractivity contribution in [1.29, 1.82) is 0 Å². The molecule has 0 spiro atoms. The van der Waals surface area contributed by atoms with Gasteiger partial charge in [0.05, 0.1) is 12.2 Å². The number of methoxy groups -OCH3 is 2. The molecule has 1 rings (SSSR count). The van der Waals surface area contributed by atoms with Gasteiger partial charge >= 0.3 is 5.97 Å². The van der Waals surface area contributed by atoms with E-state index in [1.807, 2.05) is 0 Å². The number of carbonyl (C=O) groups excluding carboxylic acids is 1. The van der Waals surface area contributed by atoms with E-state index in [0.29, 0.717) is 18.6 Å². The molecule has 0 saturated heterocycles. The summed E-state index contributed by atoms with van der Waals surface area (Å²) in [6.45, 7) is 2.19. The Kier molecular flexibility index (Phi) is 12.3. The van der Waals surface area contributed by atoms with Gasteiger partial charge in [0.25, 0.3) is 0 Å². The van der Waals surface area contributed by atoms with Gasteiger partial charge in [-0.2, -0.15) is 0 Å². The number of ether oxygens (including phenoxy) is 2. The molecule has 156 valence electrons. The predicted octanol–water partition coefficient (Wildman–Crippen LogP) is 4.78. The standard InChI is InChI=1S/C22H38O5/c1-4-5-8-11-17(26-2)14-15-19-18(20(23)16-21(19)27-3)12-9-6-7-10-13-22(24)25/h14-15,17-19,21H,4-13,16H2,1-3H3,(H,24,25)/b15-14+. The molecule has 5 nitrogen and oxygen atoms in total. The third-order valence-electron chi connectivity index (χ3n) is 5.61. The number of Topliss-reactive ketones (excluding diaryl/α,β-unsaturated/α-hetero) is 1.